The Bertz CT molecular complexity index is 276. The van der Waals surface area contributed by atoms with Gasteiger partial charge in [-0.15, -0.1) is 0 Å². The van der Waals surface area contributed by atoms with Gasteiger partial charge in [0.25, 0.3) is 0 Å². The molecule has 1 rings (SSSR count). The van der Waals surface area contributed by atoms with Crippen LogP contribution in [0.2, 0.25) is 0 Å². The molecule has 1 unspecified atom stereocenters. The van der Waals surface area contributed by atoms with E-state index in [0.29, 0.717) is 0 Å². The Kier molecular flexibility index (Phi) is 4.80. The van der Waals surface area contributed by atoms with Crippen LogP contribution in [0.3, 0.4) is 0 Å². The molecule has 0 spiro atoms. The average molecular weight is 210 g/mol. The SMILES string of the molecule is CSC(C)CCNc1ccncc1C. The normalized spacial score (nSPS) is 12.5. The summed E-state index contributed by atoms with van der Waals surface area (Å²) in [7, 11) is 0. The van der Waals surface area contributed by atoms with Crippen molar-refractivity contribution in [1.82, 2.24) is 4.98 Å². The van der Waals surface area contributed by atoms with Crippen molar-refractivity contribution in [1.29, 1.82) is 0 Å². The Morgan fingerprint density at radius 3 is 3.00 bits per heavy atom. The molecular weight excluding hydrogens is 192 g/mol. The lowest BCUT2D eigenvalue weighted by molar-refractivity contribution is 0.852. The molecule has 1 heterocycles. The van der Waals surface area contributed by atoms with Crippen molar-refractivity contribution in [3.63, 3.8) is 0 Å². The van der Waals surface area contributed by atoms with Crippen molar-refractivity contribution >= 4 is 17.4 Å². The van der Waals surface area contributed by atoms with Gasteiger partial charge in [0, 0.05) is 29.9 Å². The van der Waals surface area contributed by atoms with E-state index in [1.54, 1.807) is 0 Å². The molecular formula is C11H18N2S. The Morgan fingerprint density at radius 1 is 1.57 bits per heavy atom. The molecule has 0 fully saturated rings. The van der Waals surface area contributed by atoms with Crippen LogP contribution in [-0.2, 0) is 0 Å². The molecule has 1 aromatic rings. The first-order valence-electron chi connectivity index (χ1n) is 4.91. The molecule has 0 amide bonds. The zero-order chi connectivity index (χ0) is 10.4. The van der Waals surface area contributed by atoms with Gasteiger partial charge in [-0.25, -0.2) is 0 Å². The number of pyridine rings is 1. The first kappa shape index (κ1) is 11.4. The highest BCUT2D eigenvalue weighted by molar-refractivity contribution is 7.99. The van der Waals surface area contributed by atoms with Gasteiger partial charge >= 0.3 is 0 Å². The second-order valence-corrected chi connectivity index (χ2v) is 4.73. The van der Waals surface area contributed by atoms with Gasteiger partial charge < -0.3 is 5.32 Å². The largest absolute Gasteiger partial charge is 0.385 e. The molecule has 3 heteroatoms. The van der Waals surface area contributed by atoms with Gasteiger partial charge in [-0.2, -0.15) is 11.8 Å². The summed E-state index contributed by atoms with van der Waals surface area (Å²) in [6.07, 6.45) is 7.07. The van der Waals surface area contributed by atoms with Crippen LogP contribution in [0.5, 0.6) is 0 Å². The number of aryl methyl sites for hydroxylation is 1. The maximum Gasteiger partial charge on any atom is 0.0400 e. The first-order chi connectivity index (χ1) is 6.74. The van der Waals surface area contributed by atoms with Gasteiger partial charge in [0.2, 0.25) is 0 Å². The summed E-state index contributed by atoms with van der Waals surface area (Å²) >= 11 is 1.91. The topological polar surface area (TPSA) is 24.9 Å². The molecule has 2 nitrogen and oxygen atoms in total. The van der Waals surface area contributed by atoms with Crippen molar-refractivity contribution in [2.45, 2.75) is 25.5 Å². The minimum absolute atomic E-state index is 0.727. The molecule has 1 aromatic heterocycles. The fourth-order valence-electron chi connectivity index (χ4n) is 1.20. The second-order valence-electron chi connectivity index (χ2n) is 3.45. The van der Waals surface area contributed by atoms with E-state index in [1.807, 2.05) is 30.2 Å². The predicted octanol–water partition coefficient (Wildman–Crippen LogP) is 2.94. The summed E-state index contributed by atoms with van der Waals surface area (Å²) in [6.45, 7) is 5.37. The minimum atomic E-state index is 0.727. The van der Waals surface area contributed by atoms with Crippen molar-refractivity contribution in [3.8, 4) is 0 Å². The van der Waals surface area contributed by atoms with Crippen LogP contribution < -0.4 is 5.32 Å². The van der Waals surface area contributed by atoms with E-state index < -0.39 is 0 Å². The van der Waals surface area contributed by atoms with Crippen LogP contribution >= 0.6 is 11.8 Å². The standard InChI is InChI=1S/C11H18N2S/c1-9-8-12-6-5-11(9)13-7-4-10(2)14-3/h5-6,8,10H,4,7H2,1-3H3,(H,12,13). The van der Waals surface area contributed by atoms with Gasteiger partial charge in [0.15, 0.2) is 0 Å². The maximum atomic E-state index is 4.06. The van der Waals surface area contributed by atoms with Crippen molar-refractivity contribution in [3.05, 3.63) is 24.0 Å². The lowest BCUT2D eigenvalue weighted by atomic mass is 10.2. The number of hydrogen-bond acceptors (Lipinski definition) is 3. The summed E-state index contributed by atoms with van der Waals surface area (Å²) in [6, 6.07) is 2.03. The van der Waals surface area contributed by atoms with E-state index in [9.17, 15) is 0 Å². The molecule has 0 saturated carbocycles. The fourth-order valence-corrected chi connectivity index (χ4v) is 1.55. The Balaban J connectivity index is 2.35. The van der Waals surface area contributed by atoms with E-state index >= 15 is 0 Å². The van der Waals surface area contributed by atoms with Gasteiger partial charge in [0.05, 0.1) is 0 Å². The third-order valence-electron chi connectivity index (χ3n) is 2.29. The number of rotatable bonds is 5. The van der Waals surface area contributed by atoms with E-state index in [1.165, 1.54) is 17.7 Å². The van der Waals surface area contributed by atoms with Gasteiger partial charge in [-0.05, 0) is 31.2 Å². The molecule has 1 N–H and O–H groups in total. The highest BCUT2D eigenvalue weighted by Crippen LogP contribution is 2.13. The molecule has 0 radical (unpaired) electrons. The first-order valence-corrected chi connectivity index (χ1v) is 6.20. The Morgan fingerprint density at radius 2 is 2.36 bits per heavy atom. The second kappa shape index (κ2) is 5.91. The number of anilines is 1. The van der Waals surface area contributed by atoms with E-state index in [0.717, 1.165) is 11.8 Å². The fraction of sp³-hybridized carbons (Fsp3) is 0.545. The quantitative estimate of drug-likeness (QED) is 0.809. The molecule has 1 atom stereocenters. The van der Waals surface area contributed by atoms with Crippen molar-refractivity contribution in [2.75, 3.05) is 18.1 Å². The van der Waals surface area contributed by atoms with E-state index in [-0.39, 0.29) is 0 Å². The lowest BCUT2D eigenvalue weighted by Crippen LogP contribution is -2.08. The molecule has 0 aliphatic carbocycles. The minimum Gasteiger partial charge on any atom is -0.385 e. The zero-order valence-corrected chi connectivity index (χ0v) is 9.90. The number of aromatic nitrogens is 1. The third kappa shape index (κ3) is 3.58. The summed E-state index contributed by atoms with van der Waals surface area (Å²) in [5.74, 6) is 0. The number of hydrogen-bond donors (Lipinski definition) is 1. The molecule has 14 heavy (non-hydrogen) atoms. The van der Waals surface area contributed by atoms with E-state index in [2.05, 4.69) is 30.4 Å². The maximum absolute atomic E-state index is 4.06. The zero-order valence-electron chi connectivity index (χ0n) is 9.08. The summed E-state index contributed by atoms with van der Waals surface area (Å²) in [5, 5.41) is 4.15. The molecule has 0 bridgehead atoms. The summed E-state index contributed by atoms with van der Waals surface area (Å²) < 4.78 is 0. The van der Waals surface area contributed by atoms with E-state index in [4.69, 9.17) is 0 Å². The molecule has 0 saturated heterocycles. The number of nitrogens with zero attached hydrogens (tertiary/aromatic N) is 1. The van der Waals surface area contributed by atoms with Crippen LogP contribution in [0.4, 0.5) is 5.69 Å². The van der Waals surface area contributed by atoms with Gasteiger partial charge in [-0.1, -0.05) is 6.92 Å². The third-order valence-corrected chi connectivity index (χ3v) is 3.33. The Labute approximate surface area is 90.5 Å². The van der Waals surface area contributed by atoms with Crippen molar-refractivity contribution < 1.29 is 0 Å². The van der Waals surface area contributed by atoms with Gasteiger partial charge in [0.1, 0.15) is 0 Å². The van der Waals surface area contributed by atoms with Crippen LogP contribution in [0.1, 0.15) is 18.9 Å². The molecule has 0 aliphatic rings. The number of nitrogens with one attached hydrogen (secondary N) is 1. The Hall–Kier alpha value is -0.700. The summed E-state index contributed by atoms with van der Waals surface area (Å²) in [4.78, 5) is 4.06. The lowest BCUT2D eigenvalue weighted by Gasteiger charge is -2.11. The van der Waals surface area contributed by atoms with Gasteiger partial charge in [-0.3, -0.25) is 4.98 Å². The highest BCUT2D eigenvalue weighted by atomic mass is 32.2. The van der Waals surface area contributed by atoms with Crippen molar-refractivity contribution in [2.24, 2.45) is 0 Å². The molecule has 0 aromatic carbocycles. The van der Waals surface area contributed by atoms with Crippen LogP contribution in [0.15, 0.2) is 18.5 Å². The predicted molar refractivity (Wildman–Crippen MR) is 65.1 cm³/mol. The molecule has 0 aliphatic heterocycles. The van der Waals surface area contributed by atoms with Crippen LogP contribution in [0.25, 0.3) is 0 Å². The van der Waals surface area contributed by atoms with Crippen LogP contribution in [0, 0.1) is 6.92 Å². The highest BCUT2D eigenvalue weighted by Gasteiger charge is 1.99. The van der Waals surface area contributed by atoms with Crippen LogP contribution in [-0.4, -0.2) is 23.0 Å². The monoisotopic (exact) mass is 210 g/mol. The smallest absolute Gasteiger partial charge is 0.0400 e. The average Bonchev–Trinajstić information content (AvgIpc) is 2.20. The molecule has 78 valence electrons. The number of thioether (sulfide) groups is 1. The summed E-state index contributed by atoms with van der Waals surface area (Å²) in [5.41, 5.74) is 2.41.